The van der Waals surface area contributed by atoms with Gasteiger partial charge in [0.15, 0.2) is 0 Å². The third kappa shape index (κ3) is 6.19. The fourth-order valence-corrected chi connectivity index (χ4v) is 4.95. The van der Waals surface area contributed by atoms with Gasteiger partial charge < -0.3 is 19.8 Å². The van der Waals surface area contributed by atoms with Crippen LogP contribution < -0.4 is 9.80 Å². The van der Waals surface area contributed by atoms with Crippen LogP contribution in [-0.2, 0) is 6.42 Å². The van der Waals surface area contributed by atoms with Crippen molar-refractivity contribution in [1.29, 1.82) is 0 Å². The van der Waals surface area contributed by atoms with Crippen LogP contribution in [0.5, 0.6) is 0 Å². The Morgan fingerprint density at radius 3 is 2.29 bits per heavy atom. The van der Waals surface area contributed by atoms with Gasteiger partial charge in [-0.3, -0.25) is 0 Å². The molecule has 5 nitrogen and oxygen atoms in total. The van der Waals surface area contributed by atoms with Crippen molar-refractivity contribution in [3.8, 4) is 0 Å². The van der Waals surface area contributed by atoms with Crippen LogP contribution in [0.15, 0.2) is 66.9 Å². The highest BCUT2D eigenvalue weighted by atomic mass is 19.1. The maximum absolute atomic E-state index is 11.9. The molecule has 3 heterocycles. The van der Waals surface area contributed by atoms with Gasteiger partial charge in [-0.1, -0.05) is 43.3 Å². The number of nitrogens with zero attached hydrogens (tertiary/aromatic N) is 4. The van der Waals surface area contributed by atoms with Gasteiger partial charge in [-0.05, 0) is 61.2 Å². The van der Waals surface area contributed by atoms with Crippen LogP contribution >= 0.6 is 0 Å². The monoisotopic (exact) mass is 476 g/mol. The van der Waals surface area contributed by atoms with Crippen LogP contribution in [0, 0.1) is 5.82 Å². The molecule has 0 amide bonds. The number of rotatable bonds is 5. The van der Waals surface area contributed by atoms with Crippen molar-refractivity contribution in [3.63, 3.8) is 0 Å². The van der Waals surface area contributed by atoms with E-state index in [0.29, 0.717) is 6.04 Å². The molecular weight excluding hydrogens is 439 g/mol. The van der Waals surface area contributed by atoms with Crippen LogP contribution in [0.25, 0.3) is 0 Å². The zero-order chi connectivity index (χ0) is 24.8. The molecule has 1 aromatic heterocycles. The number of fused-ring (bicyclic) bond motifs is 1. The molecular formula is C29H37FN4O. The number of aliphatic hydroxyl groups is 1. The van der Waals surface area contributed by atoms with E-state index >= 15 is 0 Å². The van der Waals surface area contributed by atoms with Crippen molar-refractivity contribution in [2.24, 2.45) is 0 Å². The van der Waals surface area contributed by atoms with Crippen LogP contribution in [0.4, 0.5) is 15.9 Å². The molecule has 2 aromatic carbocycles. The van der Waals surface area contributed by atoms with E-state index in [1.807, 2.05) is 31.1 Å². The summed E-state index contributed by atoms with van der Waals surface area (Å²) < 4.78 is 11.9. The molecule has 35 heavy (non-hydrogen) atoms. The maximum atomic E-state index is 11.9. The van der Waals surface area contributed by atoms with Gasteiger partial charge in [0.05, 0.1) is 0 Å². The molecule has 5 rings (SSSR count). The van der Waals surface area contributed by atoms with Gasteiger partial charge in [-0.2, -0.15) is 0 Å². The Morgan fingerprint density at radius 1 is 1.00 bits per heavy atom. The molecule has 186 valence electrons. The second-order valence-electron chi connectivity index (χ2n) is 9.54. The van der Waals surface area contributed by atoms with E-state index in [0.717, 1.165) is 36.5 Å². The number of piperidine rings is 1. The second kappa shape index (κ2) is 11.6. The van der Waals surface area contributed by atoms with Gasteiger partial charge in [0.2, 0.25) is 0 Å². The van der Waals surface area contributed by atoms with E-state index in [9.17, 15) is 9.50 Å². The third-order valence-corrected chi connectivity index (χ3v) is 7.08. The lowest BCUT2D eigenvalue weighted by Crippen LogP contribution is -2.44. The lowest BCUT2D eigenvalue weighted by molar-refractivity contribution is 0.218. The molecule has 0 bridgehead atoms. The van der Waals surface area contributed by atoms with Crippen molar-refractivity contribution in [1.82, 2.24) is 9.88 Å². The van der Waals surface area contributed by atoms with E-state index in [1.54, 1.807) is 24.4 Å². The van der Waals surface area contributed by atoms with E-state index in [1.165, 1.54) is 49.3 Å². The minimum atomic E-state index is -0.640. The molecule has 1 N–H and O–H groups in total. The van der Waals surface area contributed by atoms with Crippen molar-refractivity contribution in [2.75, 3.05) is 50.1 Å². The first-order valence-electron chi connectivity index (χ1n) is 12.6. The predicted molar refractivity (Wildman–Crippen MR) is 142 cm³/mol. The largest absolute Gasteiger partial charge is 0.384 e. The highest BCUT2D eigenvalue weighted by Crippen LogP contribution is 2.36. The summed E-state index contributed by atoms with van der Waals surface area (Å²) in [6.07, 6.45) is 4.72. The molecule has 6 heteroatoms. The number of aromatic nitrogens is 1. The third-order valence-electron chi connectivity index (χ3n) is 7.08. The van der Waals surface area contributed by atoms with Crippen molar-refractivity contribution >= 4 is 11.5 Å². The van der Waals surface area contributed by atoms with Crippen molar-refractivity contribution in [3.05, 3.63) is 89.4 Å². The molecule has 1 fully saturated rings. The van der Waals surface area contributed by atoms with E-state index in [4.69, 9.17) is 0 Å². The molecule has 3 aromatic rings. The second-order valence-corrected chi connectivity index (χ2v) is 9.54. The predicted octanol–water partition coefficient (Wildman–Crippen LogP) is 4.90. The smallest absolute Gasteiger partial charge is 0.127 e. The molecule has 1 atom stereocenters. The number of aliphatic hydroxyl groups excluding tert-OH is 1. The molecule has 2 aliphatic heterocycles. The number of hydrogen-bond acceptors (Lipinski definition) is 5. The van der Waals surface area contributed by atoms with Crippen LogP contribution in [0.1, 0.15) is 42.6 Å². The molecule has 0 spiro atoms. The maximum Gasteiger partial charge on any atom is 0.127 e. The zero-order valence-electron chi connectivity index (χ0n) is 21.1. The highest BCUT2D eigenvalue weighted by Gasteiger charge is 2.29. The van der Waals surface area contributed by atoms with Crippen molar-refractivity contribution in [2.45, 2.75) is 38.3 Å². The van der Waals surface area contributed by atoms with Crippen LogP contribution in [0.2, 0.25) is 0 Å². The topological polar surface area (TPSA) is 42.8 Å². The quantitative estimate of drug-likeness (QED) is 0.567. The van der Waals surface area contributed by atoms with E-state index in [-0.39, 0.29) is 5.82 Å². The van der Waals surface area contributed by atoms with E-state index < -0.39 is 6.10 Å². The summed E-state index contributed by atoms with van der Waals surface area (Å²) in [5, 5.41) is 10.9. The Balaban J connectivity index is 0.000000356. The molecule has 0 aliphatic carbocycles. The Bertz CT molecular complexity index is 1070. The summed E-state index contributed by atoms with van der Waals surface area (Å²) in [5.41, 5.74) is 4.53. The fourth-order valence-electron chi connectivity index (χ4n) is 4.95. The van der Waals surface area contributed by atoms with Gasteiger partial charge >= 0.3 is 0 Å². The summed E-state index contributed by atoms with van der Waals surface area (Å²) in [4.78, 5) is 11.5. The molecule has 1 saturated heterocycles. The molecule has 0 radical (unpaired) electrons. The van der Waals surface area contributed by atoms with Gasteiger partial charge in [0.1, 0.15) is 17.7 Å². The summed E-state index contributed by atoms with van der Waals surface area (Å²) >= 11 is 0. The van der Waals surface area contributed by atoms with Crippen LogP contribution in [-0.4, -0.2) is 61.3 Å². The lowest BCUT2D eigenvalue weighted by Gasteiger charge is -2.37. The average Bonchev–Trinajstić information content (AvgIpc) is 3.32. The molecule has 0 saturated carbocycles. The SMILES string of the molecule is CCN1CCC(N2CCc3ccc(C(O)c4ccc(N(C)C)nc4)cc32)CC1.Fc1ccccc1. The Labute approximate surface area is 208 Å². The first-order valence-corrected chi connectivity index (χ1v) is 12.6. The van der Waals surface area contributed by atoms with Gasteiger partial charge in [-0.25, -0.2) is 9.37 Å². The zero-order valence-corrected chi connectivity index (χ0v) is 21.1. The minimum Gasteiger partial charge on any atom is -0.384 e. The first kappa shape index (κ1) is 25.1. The normalized spacial score (nSPS) is 16.9. The van der Waals surface area contributed by atoms with E-state index in [2.05, 4.69) is 39.9 Å². The van der Waals surface area contributed by atoms with Gasteiger partial charge in [-0.15, -0.1) is 0 Å². The standard InChI is InChI=1S/C23H32N4O.C6H5F/c1-4-26-12-10-20(11-13-26)27-14-9-17-5-6-18(15-21(17)27)23(28)19-7-8-22(24-16-19)25(2)3;7-6-4-2-1-3-5-6/h5-8,15-16,20,23,28H,4,9-14H2,1-3H3;1-5H. The number of likely N-dealkylation sites (tertiary alicyclic amines) is 1. The first-order chi connectivity index (χ1) is 17.0. The molecule has 2 aliphatic rings. The number of hydrogen-bond donors (Lipinski definition) is 1. The average molecular weight is 477 g/mol. The summed E-state index contributed by atoms with van der Waals surface area (Å²) in [6.45, 7) is 6.89. The number of pyridine rings is 1. The molecule has 1 unspecified atom stereocenters. The number of halogens is 1. The number of benzene rings is 2. The summed E-state index contributed by atoms with van der Waals surface area (Å²) in [5.74, 6) is 0.719. The minimum absolute atomic E-state index is 0.178. The highest BCUT2D eigenvalue weighted by molar-refractivity contribution is 5.61. The Morgan fingerprint density at radius 2 is 1.71 bits per heavy atom. The van der Waals surface area contributed by atoms with Gasteiger partial charge in [0, 0.05) is 57.2 Å². The summed E-state index contributed by atoms with van der Waals surface area (Å²) in [6, 6.07) is 19.0. The summed E-state index contributed by atoms with van der Waals surface area (Å²) in [7, 11) is 3.94. The fraction of sp³-hybridized carbons (Fsp3) is 0.414. The number of anilines is 2. The van der Waals surface area contributed by atoms with Crippen molar-refractivity contribution < 1.29 is 9.50 Å². The van der Waals surface area contributed by atoms with Gasteiger partial charge in [0.25, 0.3) is 0 Å². The lowest BCUT2D eigenvalue weighted by atomic mass is 9.99. The Kier molecular flexibility index (Phi) is 8.37. The van der Waals surface area contributed by atoms with Crippen LogP contribution in [0.3, 0.4) is 0 Å². The Hall–Kier alpha value is -2.96.